The molecule has 20 heavy (non-hydrogen) atoms. The number of carbonyl (C=O) groups excluding carboxylic acids is 2. The quantitative estimate of drug-likeness (QED) is 0.506. The molecule has 6 nitrogen and oxygen atoms in total. The Hall–Kier alpha value is -1.40. The van der Waals surface area contributed by atoms with Crippen molar-refractivity contribution in [2.45, 2.75) is 25.8 Å². The molecule has 1 aliphatic rings. The lowest BCUT2D eigenvalue weighted by Crippen LogP contribution is -2.54. The minimum absolute atomic E-state index is 0.185. The van der Waals surface area contributed by atoms with Gasteiger partial charge in [0.1, 0.15) is 5.54 Å². The molecule has 2 N–H and O–H groups in total. The molecule has 0 aromatic carbocycles. The molecule has 0 bridgehead atoms. The number of nitrogens with one attached hydrogen (secondary N) is 2. The molecule has 6 heteroatoms. The first-order chi connectivity index (χ1) is 9.45. The summed E-state index contributed by atoms with van der Waals surface area (Å²) >= 11 is 0. The van der Waals surface area contributed by atoms with Crippen molar-refractivity contribution in [1.82, 2.24) is 15.5 Å². The minimum atomic E-state index is -0.926. The van der Waals surface area contributed by atoms with E-state index in [2.05, 4.69) is 22.1 Å². The molecule has 0 aromatic rings. The molecule has 2 amide bonds. The number of morpholine rings is 1. The molecule has 0 unspecified atom stereocenters. The van der Waals surface area contributed by atoms with E-state index < -0.39 is 5.54 Å². The van der Waals surface area contributed by atoms with Crippen LogP contribution in [0.1, 0.15) is 20.3 Å². The van der Waals surface area contributed by atoms with E-state index in [-0.39, 0.29) is 11.8 Å². The molecule has 0 spiro atoms. The summed E-state index contributed by atoms with van der Waals surface area (Å²) in [4.78, 5) is 25.5. The van der Waals surface area contributed by atoms with Crippen molar-refractivity contribution in [2.24, 2.45) is 0 Å². The van der Waals surface area contributed by atoms with E-state index >= 15 is 0 Å². The number of nitrogens with zero attached hydrogens (tertiary/aromatic N) is 1. The van der Waals surface area contributed by atoms with Gasteiger partial charge in [0.05, 0.1) is 13.2 Å². The Morgan fingerprint density at radius 2 is 2.00 bits per heavy atom. The second-order valence-electron chi connectivity index (χ2n) is 5.38. The first kappa shape index (κ1) is 16.7. The monoisotopic (exact) mass is 283 g/mol. The Labute approximate surface area is 120 Å². The first-order valence-electron chi connectivity index (χ1n) is 6.98. The highest BCUT2D eigenvalue weighted by Gasteiger charge is 2.28. The standard InChI is InChI=1S/C14H25N3O3/c1-4-12(18)16-14(2,3)13(19)15-6-5-7-17-8-10-20-11-9-17/h4H,1,5-11H2,2-3H3,(H,15,19)(H,16,18). The Morgan fingerprint density at radius 1 is 1.35 bits per heavy atom. The first-order valence-corrected chi connectivity index (χ1v) is 6.98. The lowest BCUT2D eigenvalue weighted by atomic mass is 10.0. The van der Waals surface area contributed by atoms with Crippen LogP contribution in [-0.4, -0.2) is 61.6 Å². The largest absolute Gasteiger partial charge is 0.379 e. The topological polar surface area (TPSA) is 70.7 Å². The third-order valence-electron chi connectivity index (χ3n) is 3.23. The molecule has 0 aromatic heterocycles. The van der Waals surface area contributed by atoms with Crippen LogP contribution >= 0.6 is 0 Å². The highest BCUT2D eigenvalue weighted by atomic mass is 16.5. The van der Waals surface area contributed by atoms with E-state index in [0.29, 0.717) is 6.54 Å². The third-order valence-corrected chi connectivity index (χ3v) is 3.23. The van der Waals surface area contributed by atoms with Gasteiger partial charge in [0, 0.05) is 19.6 Å². The van der Waals surface area contributed by atoms with Crippen LogP contribution in [0.4, 0.5) is 0 Å². The maximum atomic E-state index is 12.0. The van der Waals surface area contributed by atoms with Crippen molar-refractivity contribution >= 4 is 11.8 Å². The Bertz CT molecular complexity index is 350. The molecule has 0 radical (unpaired) electrons. The lowest BCUT2D eigenvalue weighted by molar-refractivity contribution is -0.130. The van der Waals surface area contributed by atoms with Crippen molar-refractivity contribution in [1.29, 1.82) is 0 Å². The van der Waals surface area contributed by atoms with Crippen molar-refractivity contribution in [3.63, 3.8) is 0 Å². The fourth-order valence-electron chi connectivity index (χ4n) is 1.97. The van der Waals surface area contributed by atoms with Crippen molar-refractivity contribution in [3.05, 3.63) is 12.7 Å². The molecule has 1 fully saturated rings. The van der Waals surface area contributed by atoms with Gasteiger partial charge in [-0.15, -0.1) is 0 Å². The van der Waals surface area contributed by atoms with Crippen LogP contribution in [0.2, 0.25) is 0 Å². The second-order valence-corrected chi connectivity index (χ2v) is 5.38. The second kappa shape index (κ2) is 8.01. The average Bonchev–Trinajstić information content (AvgIpc) is 2.43. The van der Waals surface area contributed by atoms with Gasteiger partial charge < -0.3 is 15.4 Å². The Morgan fingerprint density at radius 3 is 2.60 bits per heavy atom. The van der Waals surface area contributed by atoms with E-state index in [4.69, 9.17) is 4.74 Å². The van der Waals surface area contributed by atoms with Gasteiger partial charge in [0.2, 0.25) is 11.8 Å². The van der Waals surface area contributed by atoms with Crippen LogP contribution in [0.15, 0.2) is 12.7 Å². The number of amides is 2. The summed E-state index contributed by atoms with van der Waals surface area (Å²) < 4.78 is 5.28. The molecular weight excluding hydrogens is 258 g/mol. The van der Waals surface area contributed by atoms with Gasteiger partial charge in [-0.2, -0.15) is 0 Å². The zero-order valence-electron chi connectivity index (χ0n) is 12.4. The van der Waals surface area contributed by atoms with Crippen LogP contribution in [0.3, 0.4) is 0 Å². The summed E-state index contributed by atoms with van der Waals surface area (Å²) in [6.07, 6.45) is 2.05. The Kier molecular flexibility index (Phi) is 6.67. The van der Waals surface area contributed by atoms with Crippen LogP contribution in [-0.2, 0) is 14.3 Å². The zero-order valence-corrected chi connectivity index (χ0v) is 12.4. The summed E-state index contributed by atoms with van der Waals surface area (Å²) in [5, 5.41) is 5.45. The van der Waals surface area contributed by atoms with E-state index in [1.807, 2.05) is 0 Å². The number of rotatable bonds is 7. The van der Waals surface area contributed by atoms with Crippen molar-refractivity contribution < 1.29 is 14.3 Å². The summed E-state index contributed by atoms with van der Waals surface area (Å²) in [5.41, 5.74) is -0.926. The Balaban J connectivity index is 2.21. The molecule has 114 valence electrons. The maximum absolute atomic E-state index is 12.0. The zero-order chi connectivity index (χ0) is 15.0. The number of hydrogen-bond donors (Lipinski definition) is 2. The normalized spacial score (nSPS) is 16.5. The van der Waals surface area contributed by atoms with Crippen molar-refractivity contribution in [2.75, 3.05) is 39.4 Å². The average molecular weight is 283 g/mol. The molecule has 1 rings (SSSR count). The molecular formula is C14H25N3O3. The van der Waals surface area contributed by atoms with E-state index in [0.717, 1.165) is 45.3 Å². The van der Waals surface area contributed by atoms with Crippen molar-refractivity contribution in [3.8, 4) is 0 Å². The number of ether oxygens (including phenoxy) is 1. The third kappa shape index (κ3) is 5.71. The predicted octanol–water partition coefficient (Wildman–Crippen LogP) is -0.0943. The smallest absolute Gasteiger partial charge is 0.245 e. The minimum Gasteiger partial charge on any atom is -0.379 e. The fraction of sp³-hybridized carbons (Fsp3) is 0.714. The molecule has 1 aliphatic heterocycles. The molecule has 1 saturated heterocycles. The highest BCUT2D eigenvalue weighted by molar-refractivity contribution is 5.94. The van der Waals surface area contributed by atoms with Gasteiger partial charge in [-0.3, -0.25) is 14.5 Å². The van der Waals surface area contributed by atoms with Gasteiger partial charge in [0.15, 0.2) is 0 Å². The maximum Gasteiger partial charge on any atom is 0.245 e. The molecule has 0 saturated carbocycles. The van der Waals surface area contributed by atoms with Crippen LogP contribution in [0, 0.1) is 0 Å². The van der Waals surface area contributed by atoms with Crippen LogP contribution < -0.4 is 10.6 Å². The number of hydrogen-bond acceptors (Lipinski definition) is 4. The van der Waals surface area contributed by atoms with Gasteiger partial charge in [0.25, 0.3) is 0 Å². The molecule has 0 atom stereocenters. The van der Waals surface area contributed by atoms with Gasteiger partial charge in [-0.25, -0.2) is 0 Å². The van der Waals surface area contributed by atoms with Gasteiger partial charge in [-0.1, -0.05) is 6.58 Å². The fourth-order valence-corrected chi connectivity index (χ4v) is 1.97. The van der Waals surface area contributed by atoms with E-state index in [1.54, 1.807) is 13.8 Å². The van der Waals surface area contributed by atoms with Gasteiger partial charge >= 0.3 is 0 Å². The van der Waals surface area contributed by atoms with Crippen LogP contribution in [0.25, 0.3) is 0 Å². The lowest BCUT2D eigenvalue weighted by Gasteiger charge is -2.27. The summed E-state index contributed by atoms with van der Waals surface area (Å²) in [6, 6.07) is 0. The van der Waals surface area contributed by atoms with E-state index in [9.17, 15) is 9.59 Å². The summed E-state index contributed by atoms with van der Waals surface area (Å²) in [7, 11) is 0. The SMILES string of the molecule is C=CC(=O)NC(C)(C)C(=O)NCCCN1CCOCC1. The predicted molar refractivity (Wildman–Crippen MR) is 77.3 cm³/mol. The molecule has 1 heterocycles. The van der Waals surface area contributed by atoms with Crippen LogP contribution in [0.5, 0.6) is 0 Å². The number of carbonyl (C=O) groups is 2. The summed E-state index contributed by atoms with van der Waals surface area (Å²) in [6.45, 7) is 11.7. The van der Waals surface area contributed by atoms with E-state index in [1.165, 1.54) is 0 Å². The molecule has 0 aliphatic carbocycles. The highest BCUT2D eigenvalue weighted by Crippen LogP contribution is 2.02. The van der Waals surface area contributed by atoms with Gasteiger partial charge in [-0.05, 0) is 32.9 Å². The summed E-state index contributed by atoms with van der Waals surface area (Å²) in [5.74, 6) is -0.534.